The van der Waals surface area contributed by atoms with E-state index in [0.29, 0.717) is 48.3 Å². The van der Waals surface area contributed by atoms with Gasteiger partial charge in [-0.1, -0.05) is 38.8 Å². The number of aliphatic hydroxyl groups excluding tert-OH is 2. The van der Waals surface area contributed by atoms with Crippen LogP contribution in [0.4, 0.5) is 0 Å². The smallest absolute Gasteiger partial charge is 0.158 e. The molecule has 0 amide bonds. The average Bonchev–Trinajstić information content (AvgIpc) is 3.44. The second kappa shape index (κ2) is 9.61. The van der Waals surface area contributed by atoms with Crippen LogP contribution in [0, 0.1) is 57.2 Å². The molecule has 0 aromatic heterocycles. The number of hydrogen-bond acceptors (Lipinski definition) is 5. The molecule has 8 aliphatic carbocycles. The maximum Gasteiger partial charge on any atom is 0.158 e. The molecule has 8 aliphatic rings. The van der Waals surface area contributed by atoms with Gasteiger partial charge in [-0.2, -0.15) is 0 Å². The first kappa shape index (κ1) is 29.1. The van der Waals surface area contributed by atoms with Crippen molar-refractivity contribution in [2.24, 2.45) is 57.2 Å². The van der Waals surface area contributed by atoms with Gasteiger partial charge in [0.1, 0.15) is 0 Å². The number of aliphatic hydroxyl groups is 2. The standard InChI is InChI=1S/C38H54O5/c1-35-15-13-29-25(27(35)9-11-31(35)41)7-5-21-17-23(39)19-33(37(21,29)3)43-34-20-24(40)18-22-6-8-26-28-10-12-32(42)36(28,2)16-14-30(26)38(22,34)4/h17-18,25-34,41-42H,5-16,19-20H2,1-4H3/t25-,26-,27-,28-,29-,30-,31-,32-,33?,34?,35-,36-,37-,38-/m0/s1. The van der Waals surface area contributed by atoms with Crippen LogP contribution < -0.4 is 0 Å². The van der Waals surface area contributed by atoms with Gasteiger partial charge in [-0.15, -0.1) is 0 Å². The second-order valence-corrected chi connectivity index (χ2v) is 17.5. The quantitative estimate of drug-likeness (QED) is 0.372. The number of fused-ring (bicyclic) bond motifs is 10. The van der Waals surface area contributed by atoms with Crippen molar-refractivity contribution in [2.75, 3.05) is 0 Å². The number of carbonyl (C=O) groups excluding carboxylic acids is 2. The Kier molecular flexibility index (Phi) is 6.51. The minimum Gasteiger partial charge on any atom is -0.393 e. The summed E-state index contributed by atoms with van der Waals surface area (Å²) in [6.07, 6.45) is 16.4. The molecule has 43 heavy (non-hydrogen) atoms. The van der Waals surface area contributed by atoms with Crippen molar-refractivity contribution in [3.05, 3.63) is 23.3 Å². The van der Waals surface area contributed by atoms with E-state index in [1.807, 2.05) is 12.2 Å². The molecule has 6 fully saturated rings. The molecule has 8 rings (SSSR count). The summed E-state index contributed by atoms with van der Waals surface area (Å²) in [6.45, 7) is 9.47. The normalized spacial score (nSPS) is 55.7. The molecule has 0 aliphatic heterocycles. The van der Waals surface area contributed by atoms with Gasteiger partial charge in [0.25, 0.3) is 0 Å². The predicted molar refractivity (Wildman–Crippen MR) is 165 cm³/mol. The van der Waals surface area contributed by atoms with Crippen LogP contribution in [-0.4, -0.2) is 46.2 Å². The van der Waals surface area contributed by atoms with Crippen LogP contribution in [-0.2, 0) is 14.3 Å². The van der Waals surface area contributed by atoms with Crippen LogP contribution in [0.25, 0.3) is 0 Å². The van der Waals surface area contributed by atoms with Crippen molar-refractivity contribution in [1.29, 1.82) is 0 Å². The van der Waals surface area contributed by atoms with Gasteiger partial charge in [0.05, 0.1) is 24.4 Å². The highest BCUT2D eigenvalue weighted by atomic mass is 16.5. The first-order valence-electron chi connectivity index (χ1n) is 17.9. The maximum absolute atomic E-state index is 13.3. The third-order valence-corrected chi connectivity index (χ3v) is 16.3. The first-order valence-corrected chi connectivity index (χ1v) is 17.9. The summed E-state index contributed by atoms with van der Waals surface area (Å²) in [6, 6.07) is 0. The van der Waals surface area contributed by atoms with E-state index in [1.165, 1.54) is 11.1 Å². The zero-order valence-corrected chi connectivity index (χ0v) is 26.9. The monoisotopic (exact) mass is 590 g/mol. The molecule has 0 spiro atoms. The Labute approximate surface area is 258 Å². The molecule has 0 radical (unpaired) electrons. The Morgan fingerprint density at radius 1 is 0.605 bits per heavy atom. The van der Waals surface area contributed by atoms with E-state index in [9.17, 15) is 19.8 Å². The minimum atomic E-state index is -0.208. The number of hydrogen-bond donors (Lipinski definition) is 2. The third-order valence-electron chi connectivity index (χ3n) is 16.3. The van der Waals surface area contributed by atoms with E-state index in [2.05, 4.69) is 27.7 Å². The highest BCUT2D eigenvalue weighted by Gasteiger charge is 2.64. The van der Waals surface area contributed by atoms with Crippen LogP contribution in [0.1, 0.15) is 118 Å². The molecule has 2 N–H and O–H groups in total. The van der Waals surface area contributed by atoms with Crippen LogP contribution in [0.5, 0.6) is 0 Å². The van der Waals surface area contributed by atoms with E-state index >= 15 is 0 Å². The molecular weight excluding hydrogens is 536 g/mol. The van der Waals surface area contributed by atoms with Crippen molar-refractivity contribution >= 4 is 11.6 Å². The van der Waals surface area contributed by atoms with Crippen LogP contribution in [0.3, 0.4) is 0 Å². The zero-order chi connectivity index (χ0) is 30.1. The molecule has 5 nitrogen and oxygen atoms in total. The molecule has 0 heterocycles. The van der Waals surface area contributed by atoms with Crippen molar-refractivity contribution < 1.29 is 24.5 Å². The number of ether oxygens (including phenoxy) is 1. The fraction of sp³-hybridized carbons (Fsp3) is 0.842. The number of ketones is 2. The van der Waals surface area contributed by atoms with Crippen LogP contribution in [0.2, 0.25) is 0 Å². The molecule has 236 valence electrons. The van der Waals surface area contributed by atoms with Gasteiger partial charge >= 0.3 is 0 Å². The van der Waals surface area contributed by atoms with Gasteiger partial charge < -0.3 is 14.9 Å². The molecule has 6 saturated carbocycles. The van der Waals surface area contributed by atoms with Gasteiger partial charge in [0, 0.05) is 23.7 Å². The largest absolute Gasteiger partial charge is 0.393 e. The van der Waals surface area contributed by atoms with E-state index in [1.54, 1.807) is 0 Å². The lowest BCUT2D eigenvalue weighted by Gasteiger charge is -2.62. The van der Waals surface area contributed by atoms with E-state index in [-0.39, 0.29) is 57.6 Å². The SMILES string of the molecule is C[C@]12CC[C@H]3[C@@H](CCC4=CC(=O)CC(OC5CC(=O)C=C6CC[C@H]7[C@@H]8CC[C@H](O)[C@@]8(C)CC[C@@H]7[C@]65C)[C@@]43C)[C@@H]1CC[C@@H]2O. The minimum absolute atomic E-state index is 0.0168. The van der Waals surface area contributed by atoms with E-state index < -0.39 is 0 Å². The van der Waals surface area contributed by atoms with Crippen molar-refractivity contribution in [2.45, 2.75) is 142 Å². The third kappa shape index (κ3) is 3.80. The Hall–Kier alpha value is -1.30. The number of rotatable bonds is 2. The first-order chi connectivity index (χ1) is 20.4. The summed E-state index contributed by atoms with van der Waals surface area (Å²) in [5, 5.41) is 22.0. The lowest BCUT2D eigenvalue weighted by atomic mass is 9.46. The van der Waals surface area contributed by atoms with Gasteiger partial charge in [-0.05, 0) is 136 Å². The molecular formula is C38H54O5. The van der Waals surface area contributed by atoms with Crippen molar-refractivity contribution in [3.8, 4) is 0 Å². The van der Waals surface area contributed by atoms with Crippen LogP contribution >= 0.6 is 0 Å². The molecule has 5 heteroatoms. The Morgan fingerprint density at radius 2 is 1.02 bits per heavy atom. The lowest BCUT2D eigenvalue weighted by molar-refractivity contribution is -0.185. The van der Waals surface area contributed by atoms with Gasteiger partial charge in [0.15, 0.2) is 11.6 Å². The fourth-order valence-corrected chi connectivity index (χ4v) is 13.7. The highest BCUT2D eigenvalue weighted by molar-refractivity contribution is 5.93. The summed E-state index contributed by atoms with van der Waals surface area (Å²) >= 11 is 0. The van der Waals surface area contributed by atoms with Crippen LogP contribution in [0.15, 0.2) is 23.3 Å². The van der Waals surface area contributed by atoms with E-state index in [0.717, 1.165) is 77.0 Å². The molecule has 0 aromatic carbocycles. The fourth-order valence-electron chi connectivity index (χ4n) is 13.7. The molecule has 0 aromatic rings. The molecule has 2 unspecified atom stereocenters. The van der Waals surface area contributed by atoms with E-state index in [4.69, 9.17) is 4.74 Å². The number of carbonyl (C=O) groups is 2. The molecule has 0 bridgehead atoms. The summed E-state index contributed by atoms with van der Waals surface area (Å²) < 4.78 is 7.41. The molecule has 0 saturated heterocycles. The van der Waals surface area contributed by atoms with Gasteiger partial charge in [-0.25, -0.2) is 0 Å². The average molecular weight is 591 g/mol. The highest BCUT2D eigenvalue weighted by Crippen LogP contribution is 2.68. The summed E-state index contributed by atoms with van der Waals surface area (Å²) in [7, 11) is 0. The maximum atomic E-state index is 13.3. The van der Waals surface area contributed by atoms with Gasteiger partial charge in [0.2, 0.25) is 0 Å². The second-order valence-electron chi connectivity index (χ2n) is 17.5. The van der Waals surface area contributed by atoms with Crippen molar-refractivity contribution in [3.63, 3.8) is 0 Å². The van der Waals surface area contributed by atoms with Gasteiger partial charge in [-0.3, -0.25) is 9.59 Å². The zero-order valence-electron chi connectivity index (χ0n) is 26.9. The Bertz CT molecular complexity index is 1190. The Balaban J connectivity index is 1.13. The predicted octanol–water partition coefficient (Wildman–Crippen LogP) is 6.75. The lowest BCUT2D eigenvalue weighted by Crippen LogP contribution is -2.60. The topological polar surface area (TPSA) is 83.8 Å². The summed E-state index contributed by atoms with van der Waals surface area (Å²) in [5.41, 5.74) is 2.19. The Morgan fingerprint density at radius 3 is 1.44 bits per heavy atom. The summed E-state index contributed by atoms with van der Waals surface area (Å²) in [4.78, 5) is 26.6. The molecule has 14 atom stereocenters. The summed E-state index contributed by atoms with van der Waals surface area (Å²) in [5.74, 6) is 3.46. The van der Waals surface area contributed by atoms with Crippen molar-refractivity contribution in [1.82, 2.24) is 0 Å².